The Hall–Kier alpha value is -3.34. The van der Waals surface area contributed by atoms with Crippen molar-refractivity contribution in [1.82, 2.24) is 25.0 Å². The van der Waals surface area contributed by atoms with Crippen molar-refractivity contribution in [1.29, 1.82) is 0 Å². The van der Waals surface area contributed by atoms with Gasteiger partial charge in [-0.25, -0.2) is 14.5 Å². The van der Waals surface area contributed by atoms with Gasteiger partial charge in [-0.05, 0) is 92.3 Å². The summed E-state index contributed by atoms with van der Waals surface area (Å²) < 4.78 is 40.1. The molecule has 0 bridgehead atoms. The summed E-state index contributed by atoms with van der Waals surface area (Å²) in [5.41, 5.74) is -5.84. The minimum atomic E-state index is -1.87. The molecule has 4 heterocycles. The van der Waals surface area contributed by atoms with Gasteiger partial charge in [-0.1, -0.05) is 39.0 Å². The summed E-state index contributed by atoms with van der Waals surface area (Å²) in [6, 6.07) is 7.35. The third-order valence-corrected chi connectivity index (χ3v) is 14.6. The second kappa shape index (κ2) is 21.5. The predicted octanol–water partition coefficient (Wildman–Crippen LogP) is 2.85. The number of nitrogens with zero attached hydrogens (tertiary/aromatic N) is 5. The van der Waals surface area contributed by atoms with E-state index in [-0.39, 0.29) is 44.2 Å². The molecule has 19 nitrogen and oxygen atoms in total. The molecular weight excluding hydrogens is 857 g/mol. The fourth-order valence-electron chi connectivity index (χ4n) is 10.3. The second-order valence-electron chi connectivity index (χ2n) is 19.9. The zero-order valence-corrected chi connectivity index (χ0v) is 41.1. The summed E-state index contributed by atoms with van der Waals surface area (Å²) in [5.74, 6) is -3.06. The maximum Gasteiger partial charge on any atom is 0.324 e. The third kappa shape index (κ3) is 11.4. The molecule has 3 aliphatic heterocycles. The molecule has 3 fully saturated rings. The maximum atomic E-state index is 14.5. The molecule has 0 unspecified atom stereocenters. The molecule has 0 spiro atoms. The summed E-state index contributed by atoms with van der Waals surface area (Å²) in [4.78, 5) is 35.4. The average molecular weight is 935 g/mol. The number of carbonyl (C=O) groups excluding carboxylic acids is 2. The number of amides is 2. The Morgan fingerprint density at radius 2 is 1.65 bits per heavy atom. The number of hydrogen-bond acceptors (Lipinski definition) is 16. The molecule has 66 heavy (non-hydrogen) atoms. The molecule has 18 atom stereocenters. The Morgan fingerprint density at radius 3 is 2.26 bits per heavy atom. The van der Waals surface area contributed by atoms with Gasteiger partial charge in [-0.15, -0.1) is 0 Å². The lowest BCUT2D eigenvalue weighted by molar-refractivity contribution is -0.340. The summed E-state index contributed by atoms with van der Waals surface area (Å²) >= 11 is 0. The molecule has 2 amide bonds. The number of ether oxygens (including phenoxy) is 6. The van der Waals surface area contributed by atoms with Gasteiger partial charge >= 0.3 is 12.0 Å². The van der Waals surface area contributed by atoms with E-state index in [1.165, 1.54) is 41.2 Å². The summed E-state index contributed by atoms with van der Waals surface area (Å²) in [7, 11) is 4.75. The number of carbonyl (C=O) groups is 2. The normalized spacial score (nSPS) is 42.1. The summed E-state index contributed by atoms with van der Waals surface area (Å²) in [6.45, 7) is 17.3. The number of aliphatic hydroxyl groups is 5. The van der Waals surface area contributed by atoms with Gasteiger partial charge in [0.2, 0.25) is 0 Å². The molecule has 2 aromatic rings. The molecule has 3 saturated heterocycles. The first-order chi connectivity index (χ1) is 30.8. The van der Waals surface area contributed by atoms with Gasteiger partial charge < -0.3 is 64.2 Å². The number of aliphatic hydroxyl groups excluding tert-OH is 2. The number of aromatic nitrogens is 3. The van der Waals surface area contributed by atoms with E-state index in [4.69, 9.17) is 28.4 Å². The van der Waals surface area contributed by atoms with Crippen LogP contribution in [-0.2, 0) is 39.8 Å². The van der Waals surface area contributed by atoms with Crippen LogP contribution in [0.25, 0.3) is 0 Å². The Morgan fingerprint density at radius 1 is 0.985 bits per heavy atom. The quantitative estimate of drug-likeness (QED) is 0.188. The first-order valence-electron chi connectivity index (χ1n) is 23.3. The third-order valence-electron chi connectivity index (χ3n) is 14.6. The van der Waals surface area contributed by atoms with Crippen molar-refractivity contribution < 1.29 is 63.5 Å². The Labute approximate surface area is 390 Å². The molecule has 0 aliphatic carbocycles. The van der Waals surface area contributed by atoms with E-state index in [1.807, 2.05) is 44.2 Å². The van der Waals surface area contributed by atoms with E-state index in [1.54, 1.807) is 62.6 Å². The van der Waals surface area contributed by atoms with Gasteiger partial charge in [0.1, 0.15) is 47.8 Å². The molecule has 5 rings (SSSR count). The van der Waals surface area contributed by atoms with Crippen LogP contribution in [0.15, 0.2) is 43.0 Å². The highest BCUT2D eigenvalue weighted by atomic mass is 16.7. The van der Waals surface area contributed by atoms with E-state index in [0.29, 0.717) is 12.2 Å². The van der Waals surface area contributed by atoms with Crippen molar-refractivity contribution in [3.05, 3.63) is 43.0 Å². The minimum Gasteiger partial charge on any atom is -0.459 e. The number of methoxy groups -OCH3 is 1. The Kier molecular flexibility index (Phi) is 17.5. The van der Waals surface area contributed by atoms with Crippen LogP contribution in [-0.4, -0.2) is 175 Å². The first-order valence-corrected chi connectivity index (χ1v) is 23.3. The van der Waals surface area contributed by atoms with Crippen molar-refractivity contribution in [2.75, 3.05) is 32.6 Å². The Bertz CT molecular complexity index is 1860. The second-order valence-corrected chi connectivity index (χ2v) is 19.9. The smallest absolute Gasteiger partial charge is 0.324 e. The molecule has 1 aromatic carbocycles. The number of rotatable bonds is 10. The fraction of sp³-hybridized carbons (Fsp3) is 0.787. The SMILES string of the molecule is CC[C@H]1OC(=O)[C@H](C)[C@@H](O[C@H]2C[C@@](C)(OC)[C@](O)(Cn3cncn3)[C@H](C)O2)[C@H](C)[C@@H](O[C@@H]2O[C@H](C)C[C@H](N(C)C(=O)N(C)c3ccccc3)[C@H]2O)[C@](C)(O)C[C@@H](C)CN[C@H](C)[C@@H](O)[C@]1(C)O. The summed E-state index contributed by atoms with van der Waals surface area (Å²) in [5, 5.41) is 67.9. The van der Waals surface area contributed by atoms with Crippen molar-refractivity contribution in [2.45, 2.75) is 191 Å². The number of hydrogen-bond donors (Lipinski definition) is 6. The zero-order valence-electron chi connectivity index (χ0n) is 41.1. The molecule has 3 aliphatic rings. The topological polar surface area (TPSA) is 240 Å². The largest absolute Gasteiger partial charge is 0.459 e. The van der Waals surface area contributed by atoms with Crippen molar-refractivity contribution in [3.63, 3.8) is 0 Å². The molecule has 0 saturated carbocycles. The predicted molar refractivity (Wildman–Crippen MR) is 243 cm³/mol. The van der Waals surface area contributed by atoms with Gasteiger partial charge in [-0.3, -0.25) is 9.69 Å². The minimum absolute atomic E-state index is 0.0190. The number of benzene rings is 1. The van der Waals surface area contributed by atoms with Gasteiger partial charge in [0.25, 0.3) is 0 Å². The van der Waals surface area contributed by atoms with Crippen LogP contribution in [0.5, 0.6) is 0 Å². The lowest BCUT2D eigenvalue weighted by atomic mass is 9.75. The van der Waals surface area contributed by atoms with E-state index < -0.39 is 108 Å². The van der Waals surface area contributed by atoms with Crippen molar-refractivity contribution >= 4 is 17.7 Å². The molecular formula is C47H78N6O13. The van der Waals surface area contributed by atoms with Crippen molar-refractivity contribution in [2.24, 2.45) is 17.8 Å². The standard InChI is InChI=1S/C47H78N6O13/c1-14-35-46(10,59)39(55)31(6)49-23-27(2)21-44(8,58)40(66-42-37(54)34(20-28(3)62-42)52(12)43(57)51(11)33-18-16-15-17-19-33)29(4)38(30(5)41(56)64-35)65-36-22-45(9,61-13)47(60,32(7)63-36)24-53-26-48-25-50-53/h15-19,25-32,34-40,42,49,54-55,58-60H,14,20-24H2,1-13H3/t27-,28-,29+,30-,31-,32+,34+,35-,36+,37-,38+,39-,40-,42+,44-,45-,46-,47+/m1/s1. The van der Waals surface area contributed by atoms with Crippen LogP contribution < -0.4 is 10.2 Å². The average Bonchev–Trinajstić information content (AvgIpc) is 3.79. The van der Waals surface area contributed by atoms with E-state index in [2.05, 4.69) is 15.4 Å². The number of likely N-dealkylation sites (N-methyl/N-ethyl adjacent to an activating group) is 1. The fourth-order valence-corrected chi connectivity index (χ4v) is 10.3. The van der Waals surface area contributed by atoms with Gasteiger partial charge in [0.05, 0.1) is 48.5 Å². The van der Waals surface area contributed by atoms with E-state index >= 15 is 0 Å². The van der Waals surface area contributed by atoms with Crippen LogP contribution >= 0.6 is 0 Å². The zero-order chi connectivity index (χ0) is 49.1. The monoisotopic (exact) mass is 935 g/mol. The van der Waals surface area contributed by atoms with Gasteiger partial charge in [-0.2, -0.15) is 5.10 Å². The van der Waals surface area contributed by atoms with E-state index in [9.17, 15) is 35.1 Å². The number of anilines is 1. The molecule has 374 valence electrons. The number of cyclic esters (lactones) is 1. The number of nitrogens with one attached hydrogen (secondary N) is 1. The van der Waals surface area contributed by atoms with Crippen LogP contribution in [0.3, 0.4) is 0 Å². The molecule has 0 radical (unpaired) electrons. The lowest BCUT2D eigenvalue weighted by Crippen LogP contribution is -2.68. The first kappa shape index (κ1) is 53.6. The Balaban J connectivity index is 1.55. The van der Waals surface area contributed by atoms with Crippen LogP contribution in [0.1, 0.15) is 94.9 Å². The van der Waals surface area contributed by atoms with E-state index in [0.717, 1.165) is 0 Å². The van der Waals surface area contributed by atoms with Crippen LogP contribution in [0.4, 0.5) is 10.5 Å². The van der Waals surface area contributed by atoms with Gasteiger partial charge in [0, 0.05) is 45.3 Å². The lowest BCUT2D eigenvalue weighted by Gasteiger charge is -2.53. The highest BCUT2D eigenvalue weighted by Gasteiger charge is 2.59. The molecule has 1 aromatic heterocycles. The van der Waals surface area contributed by atoms with Gasteiger partial charge in [0.15, 0.2) is 12.6 Å². The van der Waals surface area contributed by atoms with Crippen LogP contribution in [0.2, 0.25) is 0 Å². The van der Waals surface area contributed by atoms with Crippen molar-refractivity contribution in [3.8, 4) is 0 Å². The number of para-hydroxylation sites is 1. The maximum absolute atomic E-state index is 14.5. The summed E-state index contributed by atoms with van der Waals surface area (Å²) in [6.07, 6.45) is -6.77. The highest BCUT2D eigenvalue weighted by Crippen LogP contribution is 2.44. The number of urea groups is 1. The molecule has 19 heteroatoms. The van der Waals surface area contributed by atoms with Crippen LogP contribution in [0, 0.1) is 17.8 Å². The molecule has 6 N–H and O–H groups in total. The highest BCUT2D eigenvalue weighted by molar-refractivity contribution is 5.91. The number of esters is 1.